The Bertz CT molecular complexity index is 498. The molecule has 1 aromatic rings. The lowest BCUT2D eigenvalue weighted by atomic mass is 10.0. The average Bonchev–Trinajstić information content (AvgIpc) is 2.60. The number of nitrogens with zero attached hydrogens (tertiary/aromatic N) is 1. The maximum absolute atomic E-state index is 11.9. The summed E-state index contributed by atoms with van der Waals surface area (Å²) < 4.78 is 5.17. The fraction of sp³-hybridized carbons (Fsp3) is 0.588. The van der Waals surface area contributed by atoms with Crippen LogP contribution in [-0.2, 0) is 4.79 Å². The van der Waals surface area contributed by atoms with Crippen LogP contribution in [0.4, 0.5) is 0 Å². The van der Waals surface area contributed by atoms with Crippen LogP contribution in [0.3, 0.4) is 0 Å². The number of methoxy groups -OCH3 is 1. The van der Waals surface area contributed by atoms with E-state index in [-0.39, 0.29) is 18.6 Å². The summed E-state index contributed by atoms with van der Waals surface area (Å²) in [5.74, 6) is 1.24. The van der Waals surface area contributed by atoms with Crippen LogP contribution >= 0.6 is 11.8 Å². The van der Waals surface area contributed by atoms with Gasteiger partial charge in [0.1, 0.15) is 5.75 Å². The summed E-state index contributed by atoms with van der Waals surface area (Å²) in [6.45, 7) is 2.66. The van der Waals surface area contributed by atoms with E-state index >= 15 is 0 Å². The van der Waals surface area contributed by atoms with E-state index < -0.39 is 0 Å². The van der Waals surface area contributed by atoms with Crippen molar-refractivity contribution in [3.05, 3.63) is 24.3 Å². The highest BCUT2D eigenvalue weighted by Gasteiger charge is 2.20. The second-order valence-electron chi connectivity index (χ2n) is 5.69. The SMILES string of the molecule is COc1cccc(SCC(=O)NCCN2CCCCC2CO)c1. The third-order valence-electron chi connectivity index (χ3n) is 4.09. The van der Waals surface area contributed by atoms with Gasteiger partial charge in [-0.25, -0.2) is 0 Å². The smallest absolute Gasteiger partial charge is 0.230 e. The van der Waals surface area contributed by atoms with Gasteiger partial charge >= 0.3 is 0 Å². The number of carbonyl (C=O) groups is 1. The molecule has 5 nitrogen and oxygen atoms in total. The molecule has 0 bridgehead atoms. The fourth-order valence-corrected chi connectivity index (χ4v) is 3.57. The molecule has 0 saturated carbocycles. The highest BCUT2D eigenvalue weighted by molar-refractivity contribution is 8.00. The maximum atomic E-state index is 11.9. The molecule has 23 heavy (non-hydrogen) atoms. The molecule has 128 valence electrons. The van der Waals surface area contributed by atoms with Crippen molar-refractivity contribution in [3.63, 3.8) is 0 Å². The van der Waals surface area contributed by atoms with E-state index in [1.807, 2.05) is 24.3 Å². The highest BCUT2D eigenvalue weighted by atomic mass is 32.2. The van der Waals surface area contributed by atoms with Gasteiger partial charge in [0.25, 0.3) is 0 Å². The molecule has 6 heteroatoms. The highest BCUT2D eigenvalue weighted by Crippen LogP contribution is 2.22. The molecule has 0 radical (unpaired) electrons. The van der Waals surface area contributed by atoms with Crippen molar-refractivity contribution >= 4 is 17.7 Å². The van der Waals surface area contributed by atoms with Crippen LogP contribution in [0.25, 0.3) is 0 Å². The summed E-state index contributed by atoms with van der Waals surface area (Å²) in [4.78, 5) is 15.2. The van der Waals surface area contributed by atoms with Gasteiger partial charge in [-0.2, -0.15) is 0 Å². The van der Waals surface area contributed by atoms with E-state index in [1.54, 1.807) is 7.11 Å². The van der Waals surface area contributed by atoms with Gasteiger partial charge in [-0.15, -0.1) is 11.8 Å². The van der Waals surface area contributed by atoms with Gasteiger partial charge in [-0.3, -0.25) is 9.69 Å². The Labute approximate surface area is 142 Å². The Morgan fingerprint density at radius 3 is 3.13 bits per heavy atom. The molecule has 1 aliphatic rings. The first-order valence-electron chi connectivity index (χ1n) is 8.11. The topological polar surface area (TPSA) is 61.8 Å². The third kappa shape index (κ3) is 6.05. The molecule has 2 N–H and O–H groups in total. The van der Waals surface area contributed by atoms with Crippen molar-refractivity contribution in [2.45, 2.75) is 30.2 Å². The monoisotopic (exact) mass is 338 g/mol. The van der Waals surface area contributed by atoms with E-state index in [1.165, 1.54) is 24.6 Å². The molecule has 0 spiro atoms. The van der Waals surface area contributed by atoms with Gasteiger partial charge in [0.15, 0.2) is 0 Å². The summed E-state index contributed by atoms with van der Waals surface area (Å²) in [6, 6.07) is 7.97. The lowest BCUT2D eigenvalue weighted by Gasteiger charge is -2.34. The van der Waals surface area contributed by atoms with Crippen LogP contribution in [0.5, 0.6) is 5.75 Å². The number of hydrogen-bond acceptors (Lipinski definition) is 5. The van der Waals surface area contributed by atoms with Crippen molar-refractivity contribution in [2.24, 2.45) is 0 Å². The van der Waals surface area contributed by atoms with Crippen molar-refractivity contribution in [1.29, 1.82) is 0 Å². The van der Waals surface area contributed by atoms with Crippen molar-refractivity contribution < 1.29 is 14.6 Å². The van der Waals surface area contributed by atoms with E-state index in [0.29, 0.717) is 12.3 Å². The van der Waals surface area contributed by atoms with Gasteiger partial charge < -0.3 is 15.2 Å². The number of aliphatic hydroxyl groups is 1. The number of nitrogens with one attached hydrogen (secondary N) is 1. The summed E-state index contributed by atoms with van der Waals surface area (Å²) in [6.07, 6.45) is 3.41. The minimum Gasteiger partial charge on any atom is -0.497 e. The van der Waals surface area contributed by atoms with Crippen LogP contribution in [-0.4, -0.2) is 61.1 Å². The van der Waals surface area contributed by atoms with Crippen LogP contribution in [0.1, 0.15) is 19.3 Å². The van der Waals surface area contributed by atoms with E-state index in [9.17, 15) is 9.90 Å². The van der Waals surface area contributed by atoms with Gasteiger partial charge in [0.2, 0.25) is 5.91 Å². The number of carbonyl (C=O) groups excluding carboxylic acids is 1. The fourth-order valence-electron chi connectivity index (χ4n) is 2.79. The second kappa shape index (κ2) is 9.80. The van der Waals surface area contributed by atoms with Gasteiger partial charge in [-0.1, -0.05) is 12.5 Å². The van der Waals surface area contributed by atoms with Gasteiger partial charge in [0.05, 0.1) is 19.5 Å². The number of rotatable bonds is 8. The number of piperidine rings is 1. The minimum atomic E-state index is 0.0374. The predicted octanol–water partition coefficient (Wildman–Crippen LogP) is 1.75. The number of benzene rings is 1. The lowest BCUT2D eigenvalue weighted by Crippen LogP contribution is -2.45. The zero-order valence-electron chi connectivity index (χ0n) is 13.7. The molecule has 1 atom stereocenters. The molecule has 1 heterocycles. The van der Waals surface area contributed by atoms with Crippen LogP contribution in [0, 0.1) is 0 Å². The first kappa shape index (κ1) is 18.1. The summed E-state index contributed by atoms with van der Waals surface area (Å²) in [7, 11) is 1.64. The minimum absolute atomic E-state index is 0.0374. The van der Waals surface area contributed by atoms with E-state index in [0.717, 1.165) is 30.2 Å². The van der Waals surface area contributed by atoms with Crippen LogP contribution in [0.2, 0.25) is 0 Å². The Kier molecular flexibility index (Phi) is 7.71. The largest absolute Gasteiger partial charge is 0.497 e. The molecule has 0 aromatic heterocycles. The third-order valence-corrected chi connectivity index (χ3v) is 5.09. The summed E-state index contributed by atoms with van der Waals surface area (Å²) in [5.41, 5.74) is 0. The molecular weight excluding hydrogens is 312 g/mol. The Morgan fingerprint density at radius 2 is 2.35 bits per heavy atom. The number of hydrogen-bond donors (Lipinski definition) is 2. The molecule has 2 rings (SSSR count). The van der Waals surface area contributed by atoms with E-state index in [2.05, 4.69) is 10.2 Å². The van der Waals surface area contributed by atoms with E-state index in [4.69, 9.17) is 4.74 Å². The molecule has 1 amide bonds. The molecule has 1 aliphatic heterocycles. The zero-order valence-corrected chi connectivity index (χ0v) is 14.5. The van der Waals surface area contributed by atoms with Crippen LogP contribution in [0.15, 0.2) is 29.2 Å². The normalized spacial score (nSPS) is 18.6. The van der Waals surface area contributed by atoms with Crippen LogP contribution < -0.4 is 10.1 Å². The number of thioether (sulfide) groups is 1. The number of likely N-dealkylation sites (tertiary alicyclic amines) is 1. The zero-order chi connectivity index (χ0) is 16.5. The molecule has 0 aliphatic carbocycles. The van der Waals surface area contributed by atoms with Gasteiger partial charge in [-0.05, 0) is 37.6 Å². The standard InChI is InChI=1S/C17H26N2O3S/c1-22-15-6-4-7-16(11-15)23-13-17(21)18-8-10-19-9-3-2-5-14(19)12-20/h4,6-7,11,14,20H,2-3,5,8-10,12-13H2,1H3,(H,18,21). The van der Waals surface area contributed by atoms with Crippen molar-refractivity contribution in [2.75, 3.05) is 39.1 Å². The Balaban J connectivity index is 1.66. The first-order valence-corrected chi connectivity index (χ1v) is 9.10. The Morgan fingerprint density at radius 1 is 1.48 bits per heavy atom. The second-order valence-corrected chi connectivity index (χ2v) is 6.73. The lowest BCUT2D eigenvalue weighted by molar-refractivity contribution is -0.118. The average molecular weight is 338 g/mol. The van der Waals surface area contributed by atoms with Crippen molar-refractivity contribution in [3.8, 4) is 5.75 Å². The number of ether oxygens (including phenoxy) is 1. The molecule has 1 saturated heterocycles. The number of amides is 1. The van der Waals surface area contributed by atoms with Crippen molar-refractivity contribution in [1.82, 2.24) is 10.2 Å². The maximum Gasteiger partial charge on any atom is 0.230 e. The Hall–Kier alpha value is -1.24. The van der Waals surface area contributed by atoms with Gasteiger partial charge in [0, 0.05) is 24.0 Å². The molecule has 1 unspecified atom stereocenters. The quantitative estimate of drug-likeness (QED) is 0.707. The molecule has 1 fully saturated rings. The molecular formula is C17H26N2O3S. The summed E-state index contributed by atoms with van der Waals surface area (Å²) >= 11 is 1.50. The first-order chi connectivity index (χ1) is 11.2. The number of aliphatic hydroxyl groups excluding tert-OH is 1. The molecule has 1 aromatic carbocycles. The predicted molar refractivity (Wildman–Crippen MR) is 93.0 cm³/mol. The summed E-state index contributed by atoms with van der Waals surface area (Å²) in [5, 5.41) is 12.3.